The van der Waals surface area contributed by atoms with E-state index >= 15 is 0 Å². The molecule has 0 bridgehead atoms. The maximum atomic E-state index is 12.9. The highest BCUT2D eigenvalue weighted by molar-refractivity contribution is 9.10. The number of benzene rings is 1. The first kappa shape index (κ1) is 12.3. The first-order chi connectivity index (χ1) is 6.79. The quantitative estimate of drug-likeness (QED) is 0.470. The van der Waals surface area contributed by atoms with Gasteiger partial charge in [-0.2, -0.15) is 4.39 Å². The van der Waals surface area contributed by atoms with Crippen molar-refractivity contribution in [3.05, 3.63) is 28.2 Å². The third-order valence-electron chi connectivity index (χ3n) is 1.39. The van der Waals surface area contributed by atoms with Crippen molar-refractivity contribution in [2.45, 2.75) is 0 Å². The Morgan fingerprint density at radius 2 is 1.80 bits per heavy atom. The number of rotatable bonds is 3. The van der Waals surface area contributed by atoms with Gasteiger partial charge in [0.15, 0.2) is 11.6 Å². The summed E-state index contributed by atoms with van der Waals surface area (Å²) in [5.41, 5.74) is 0. The summed E-state index contributed by atoms with van der Waals surface area (Å²) in [6.07, 6.45) is 0. The summed E-state index contributed by atoms with van der Waals surface area (Å²) >= 11 is 2.80. The van der Waals surface area contributed by atoms with Crippen LogP contribution in [0.2, 0.25) is 0 Å². The lowest BCUT2D eigenvalue weighted by Crippen LogP contribution is -2.26. The van der Waals surface area contributed by atoms with Gasteiger partial charge in [0.1, 0.15) is 0 Å². The van der Waals surface area contributed by atoms with Gasteiger partial charge in [0.05, 0.1) is 6.51 Å². The van der Waals surface area contributed by atoms with E-state index in [0.717, 1.165) is 12.1 Å². The summed E-state index contributed by atoms with van der Waals surface area (Å²) in [7, 11) is 0. The highest BCUT2D eigenvalue weighted by Crippen LogP contribution is 2.26. The second kappa shape index (κ2) is 4.38. The number of halogens is 6. The minimum Gasteiger partial charge on any atom is -0.519 e. The number of hydrogen-bond acceptors (Lipinski definition) is 1. The van der Waals surface area contributed by atoms with Gasteiger partial charge in [0.2, 0.25) is 5.82 Å². The fourth-order valence-corrected chi connectivity index (χ4v) is 1.23. The van der Waals surface area contributed by atoms with Crippen molar-refractivity contribution in [2.24, 2.45) is 0 Å². The van der Waals surface area contributed by atoms with Gasteiger partial charge in [0, 0.05) is 4.47 Å². The summed E-state index contributed by atoms with van der Waals surface area (Å²) in [5.74, 6) is -3.46. The summed E-state index contributed by atoms with van der Waals surface area (Å²) < 4.78 is 65.1. The Morgan fingerprint density at radius 1 is 1.20 bits per heavy atom. The van der Waals surface area contributed by atoms with Gasteiger partial charge in [-0.25, -0.2) is 4.39 Å². The smallest absolute Gasteiger partial charge is 0.515 e. The average Bonchev–Trinajstić information content (AvgIpc) is 2.07. The van der Waals surface area contributed by atoms with Crippen molar-refractivity contribution < 1.29 is 26.5 Å². The minimum absolute atomic E-state index is 0.103. The van der Waals surface area contributed by atoms with Crippen LogP contribution in [0.4, 0.5) is 21.7 Å². The van der Waals surface area contributed by atoms with Crippen molar-refractivity contribution >= 4 is 22.9 Å². The Kier molecular flexibility index (Phi) is 3.59. The molecule has 1 rings (SSSR count). The summed E-state index contributed by atoms with van der Waals surface area (Å²) in [5, 5.41) is 0. The van der Waals surface area contributed by atoms with Crippen LogP contribution in [-0.4, -0.2) is 13.5 Å². The lowest BCUT2D eigenvalue weighted by atomic mass is 9.95. The van der Waals surface area contributed by atoms with Crippen LogP contribution >= 0.6 is 15.9 Å². The Balaban J connectivity index is 2.86. The zero-order chi connectivity index (χ0) is 11.6. The van der Waals surface area contributed by atoms with Gasteiger partial charge >= 0.3 is 6.98 Å². The molecule has 0 radical (unpaired) electrons. The number of hydrogen-bond donors (Lipinski definition) is 0. The van der Waals surface area contributed by atoms with Crippen LogP contribution in [-0.2, 0) is 0 Å². The van der Waals surface area contributed by atoms with Crippen LogP contribution in [0.5, 0.6) is 5.75 Å². The van der Waals surface area contributed by atoms with Crippen molar-refractivity contribution in [3.8, 4) is 5.75 Å². The van der Waals surface area contributed by atoms with Crippen LogP contribution in [0.3, 0.4) is 0 Å². The largest absolute Gasteiger partial charge is 0.519 e. The second-order valence-corrected chi connectivity index (χ2v) is 3.64. The average molecular weight is 290 g/mol. The summed E-state index contributed by atoms with van der Waals surface area (Å²) in [4.78, 5) is 0. The molecule has 0 aromatic heterocycles. The van der Waals surface area contributed by atoms with E-state index in [1.165, 1.54) is 0 Å². The Morgan fingerprint density at radius 3 is 2.33 bits per heavy atom. The zero-order valence-corrected chi connectivity index (χ0v) is 8.70. The molecule has 0 aliphatic heterocycles. The molecule has 0 N–H and O–H groups in total. The highest BCUT2D eigenvalue weighted by Gasteiger charge is 2.25. The van der Waals surface area contributed by atoms with Crippen LogP contribution < -0.4 is 4.74 Å². The normalized spacial score (nSPS) is 11.6. The molecular formula is C7H4BBrF5O-. The molecule has 1 nitrogen and oxygen atoms in total. The molecule has 0 spiro atoms. The molecule has 0 heterocycles. The molecule has 0 aliphatic carbocycles. The predicted molar refractivity (Wildman–Crippen MR) is 48.6 cm³/mol. The molecule has 1 aromatic rings. The van der Waals surface area contributed by atoms with E-state index in [4.69, 9.17) is 0 Å². The first-order valence-electron chi connectivity index (χ1n) is 3.78. The Labute approximate surface area is 90.4 Å². The molecule has 84 valence electrons. The van der Waals surface area contributed by atoms with Gasteiger partial charge < -0.3 is 17.7 Å². The third kappa shape index (κ3) is 3.69. The van der Waals surface area contributed by atoms with Gasteiger partial charge in [-0.1, -0.05) is 15.9 Å². The zero-order valence-electron chi connectivity index (χ0n) is 7.12. The van der Waals surface area contributed by atoms with Gasteiger partial charge in [-0.3, -0.25) is 0 Å². The van der Waals surface area contributed by atoms with Crippen molar-refractivity contribution in [3.63, 3.8) is 0 Å². The van der Waals surface area contributed by atoms with Gasteiger partial charge in [-0.05, 0) is 12.1 Å². The molecule has 0 aliphatic rings. The van der Waals surface area contributed by atoms with Gasteiger partial charge in [-0.15, -0.1) is 0 Å². The maximum absolute atomic E-state index is 12.9. The van der Waals surface area contributed by atoms with Crippen molar-refractivity contribution in [1.82, 2.24) is 0 Å². The summed E-state index contributed by atoms with van der Waals surface area (Å²) in [6, 6.07) is 1.72. The molecule has 0 amide bonds. The Bertz CT molecular complexity index is 367. The fraction of sp³-hybridized carbons (Fsp3) is 0.143. The van der Waals surface area contributed by atoms with E-state index < -0.39 is 30.9 Å². The molecule has 8 heteroatoms. The van der Waals surface area contributed by atoms with Crippen LogP contribution in [0.25, 0.3) is 0 Å². The maximum Gasteiger partial charge on any atom is 0.515 e. The standard InChI is InChI=1S/C7H4BBrF5O/c9-4-1-5(10)7(11)6(2-4)15-3-8(12,13)14/h1-2H,3H2/q-1. The van der Waals surface area contributed by atoms with Crippen LogP contribution in [0.1, 0.15) is 0 Å². The third-order valence-corrected chi connectivity index (χ3v) is 1.85. The molecule has 15 heavy (non-hydrogen) atoms. The van der Waals surface area contributed by atoms with Crippen molar-refractivity contribution in [2.75, 3.05) is 6.51 Å². The van der Waals surface area contributed by atoms with E-state index in [9.17, 15) is 21.7 Å². The second-order valence-electron chi connectivity index (χ2n) is 2.72. The minimum atomic E-state index is -5.19. The summed E-state index contributed by atoms with van der Waals surface area (Å²) in [6.45, 7) is -6.80. The van der Waals surface area contributed by atoms with E-state index in [0.29, 0.717) is 0 Å². The predicted octanol–water partition coefficient (Wildman–Crippen LogP) is 3.49. The van der Waals surface area contributed by atoms with Gasteiger partial charge in [0.25, 0.3) is 0 Å². The van der Waals surface area contributed by atoms with E-state index in [1.54, 1.807) is 0 Å². The first-order valence-corrected chi connectivity index (χ1v) is 4.57. The lowest BCUT2D eigenvalue weighted by Gasteiger charge is -2.15. The fourth-order valence-electron chi connectivity index (χ4n) is 0.822. The molecule has 1 aromatic carbocycles. The molecule has 0 saturated carbocycles. The molecule has 0 fully saturated rings. The monoisotopic (exact) mass is 289 g/mol. The number of ether oxygens (including phenoxy) is 1. The van der Waals surface area contributed by atoms with Crippen LogP contribution in [0, 0.1) is 11.6 Å². The van der Waals surface area contributed by atoms with Crippen LogP contribution in [0.15, 0.2) is 16.6 Å². The lowest BCUT2D eigenvalue weighted by molar-refractivity contribution is 0.296. The van der Waals surface area contributed by atoms with E-state index in [-0.39, 0.29) is 4.47 Å². The van der Waals surface area contributed by atoms with E-state index in [2.05, 4.69) is 20.7 Å². The Hall–Kier alpha value is -0.785. The van der Waals surface area contributed by atoms with Crippen molar-refractivity contribution in [1.29, 1.82) is 0 Å². The topological polar surface area (TPSA) is 9.23 Å². The SMILES string of the molecule is Fc1cc(Br)cc(OC[B-](F)(F)F)c1F. The molecule has 0 atom stereocenters. The molecule has 0 saturated heterocycles. The molecule has 0 unspecified atom stereocenters. The van der Waals surface area contributed by atoms with E-state index in [1.807, 2.05) is 0 Å². The highest BCUT2D eigenvalue weighted by atomic mass is 79.9. The molecular weight excluding hydrogens is 286 g/mol.